The molecule has 2 aromatic rings. The molecule has 0 spiro atoms. The van der Waals surface area contributed by atoms with Crippen LogP contribution in [0.25, 0.3) is 10.9 Å². The maximum absolute atomic E-state index is 5.48. The third kappa shape index (κ3) is 1.64. The highest BCUT2D eigenvalue weighted by Crippen LogP contribution is 2.15. The number of fused-ring (bicyclic) bond motifs is 1. The molecule has 1 aromatic heterocycles. The van der Waals surface area contributed by atoms with Gasteiger partial charge in [-0.1, -0.05) is 18.2 Å². The molecule has 2 heterocycles. The van der Waals surface area contributed by atoms with Crippen molar-refractivity contribution in [3.05, 3.63) is 30.5 Å². The van der Waals surface area contributed by atoms with E-state index in [0.29, 0.717) is 19.2 Å². The normalized spacial score (nSPS) is 16.3. The average Bonchev–Trinajstić information content (AvgIpc) is 2.23. The monoisotopic (exact) mass is 201 g/mol. The van der Waals surface area contributed by atoms with Crippen LogP contribution in [-0.4, -0.2) is 29.3 Å². The zero-order chi connectivity index (χ0) is 10.1. The minimum atomic E-state index is 0.0968. The Morgan fingerprint density at radius 2 is 2.20 bits per heavy atom. The molecule has 0 unspecified atom stereocenters. The van der Waals surface area contributed by atoms with Gasteiger partial charge in [0.05, 0.1) is 18.7 Å². The third-order valence-corrected chi connectivity index (χ3v) is 2.27. The first-order chi connectivity index (χ1) is 7.42. The third-order valence-electron chi connectivity index (χ3n) is 2.27. The number of hydrogen-bond acceptors (Lipinski definition) is 4. The Balaban J connectivity index is 1.91. The maximum Gasteiger partial charge on any atom is 0.318 e. The van der Waals surface area contributed by atoms with Gasteiger partial charge in [0, 0.05) is 5.39 Å². The summed E-state index contributed by atoms with van der Waals surface area (Å²) in [6.07, 6.45) is 2.99. The minimum absolute atomic E-state index is 0.0968. The quantitative estimate of drug-likeness (QED) is 0.732. The number of rotatable bonds is 2. The lowest BCUT2D eigenvalue weighted by atomic mass is 10.2. The summed E-state index contributed by atoms with van der Waals surface area (Å²) in [5.74, 6) is 0. The van der Waals surface area contributed by atoms with Crippen molar-refractivity contribution in [1.29, 1.82) is 0 Å². The van der Waals surface area contributed by atoms with Gasteiger partial charge in [0.15, 0.2) is 0 Å². The lowest BCUT2D eigenvalue weighted by Gasteiger charge is -2.25. The molecule has 3 rings (SSSR count). The van der Waals surface area contributed by atoms with E-state index in [4.69, 9.17) is 9.47 Å². The van der Waals surface area contributed by atoms with E-state index < -0.39 is 0 Å². The number of aromatic nitrogens is 2. The molecule has 0 bridgehead atoms. The van der Waals surface area contributed by atoms with Crippen LogP contribution in [0.4, 0.5) is 0 Å². The summed E-state index contributed by atoms with van der Waals surface area (Å²) in [7, 11) is 0. The molecule has 1 fully saturated rings. The van der Waals surface area contributed by atoms with Crippen LogP contribution < -0.4 is 4.74 Å². The van der Waals surface area contributed by atoms with E-state index in [2.05, 4.69) is 16.2 Å². The highest BCUT2D eigenvalue weighted by Gasteiger charge is 2.21. The van der Waals surface area contributed by atoms with Crippen molar-refractivity contribution in [3.63, 3.8) is 0 Å². The van der Waals surface area contributed by atoms with Crippen molar-refractivity contribution >= 4 is 10.9 Å². The zero-order valence-corrected chi connectivity index (χ0v) is 8.01. The van der Waals surface area contributed by atoms with Gasteiger partial charge in [0.25, 0.3) is 0 Å². The first-order valence-electron chi connectivity index (χ1n) is 4.81. The van der Waals surface area contributed by atoms with Crippen molar-refractivity contribution in [2.75, 3.05) is 13.2 Å². The van der Waals surface area contributed by atoms with Crippen molar-refractivity contribution < 1.29 is 9.47 Å². The topological polar surface area (TPSA) is 44.2 Å². The fourth-order valence-electron chi connectivity index (χ4n) is 1.39. The Morgan fingerprint density at radius 3 is 3.00 bits per heavy atom. The van der Waals surface area contributed by atoms with Gasteiger partial charge in [-0.3, -0.25) is 0 Å². The molecule has 0 N–H and O–H groups in total. The molecule has 1 aromatic carbocycles. The van der Waals surface area contributed by atoms with Crippen molar-refractivity contribution in [3.8, 4) is 6.01 Å². The zero-order valence-electron chi connectivity index (χ0n) is 8.01. The van der Waals surface area contributed by atoms with E-state index in [1.807, 2.05) is 24.3 Å². The molecule has 0 aliphatic carbocycles. The Hall–Kier alpha value is -1.68. The second-order valence-corrected chi connectivity index (χ2v) is 3.41. The lowest BCUT2D eigenvalue weighted by molar-refractivity contribution is -0.0830. The smallest absolute Gasteiger partial charge is 0.318 e. The predicted molar refractivity (Wildman–Crippen MR) is 53.6 cm³/mol. The second-order valence-electron chi connectivity index (χ2n) is 3.41. The van der Waals surface area contributed by atoms with E-state index in [-0.39, 0.29) is 6.10 Å². The summed E-state index contributed by atoms with van der Waals surface area (Å²) >= 11 is 0. The molecule has 4 nitrogen and oxygen atoms in total. The van der Waals surface area contributed by atoms with E-state index in [0.717, 1.165) is 10.9 Å². The van der Waals surface area contributed by atoms with E-state index in [9.17, 15) is 0 Å². The summed E-state index contributed by atoms with van der Waals surface area (Å²) < 4.78 is 10.5. The largest absolute Gasteiger partial charge is 0.455 e. The molecule has 1 aliphatic rings. The number of para-hydroxylation sites is 1. The molecular weight excluding hydrogens is 192 g/mol. The van der Waals surface area contributed by atoms with Crippen LogP contribution in [0, 0.1) is 6.20 Å². The summed E-state index contributed by atoms with van der Waals surface area (Å²) in [5.41, 5.74) is 0.850. The fourth-order valence-corrected chi connectivity index (χ4v) is 1.39. The highest BCUT2D eigenvalue weighted by molar-refractivity contribution is 5.76. The van der Waals surface area contributed by atoms with Crippen LogP contribution in [0.1, 0.15) is 0 Å². The molecule has 75 valence electrons. The van der Waals surface area contributed by atoms with Crippen LogP contribution in [0.3, 0.4) is 0 Å². The number of benzene rings is 1. The van der Waals surface area contributed by atoms with Crippen molar-refractivity contribution in [2.45, 2.75) is 6.10 Å². The Kier molecular flexibility index (Phi) is 1.99. The summed E-state index contributed by atoms with van der Waals surface area (Å²) in [6.45, 7) is 1.24. The van der Waals surface area contributed by atoms with Gasteiger partial charge in [0.2, 0.25) is 0 Å². The molecule has 1 radical (unpaired) electrons. The fraction of sp³-hybridized carbons (Fsp3) is 0.273. The van der Waals surface area contributed by atoms with Gasteiger partial charge in [0.1, 0.15) is 12.3 Å². The summed E-state index contributed by atoms with van der Waals surface area (Å²) in [6, 6.07) is 8.08. The molecule has 0 amide bonds. The SMILES string of the molecule is [c]1nc(OC2COC2)nc2ccccc12. The molecule has 0 saturated carbocycles. The molecule has 1 saturated heterocycles. The van der Waals surface area contributed by atoms with Gasteiger partial charge in [-0.15, -0.1) is 0 Å². The molecule has 1 aliphatic heterocycles. The minimum Gasteiger partial charge on any atom is -0.455 e. The predicted octanol–water partition coefficient (Wildman–Crippen LogP) is 1.21. The van der Waals surface area contributed by atoms with Gasteiger partial charge in [-0.2, -0.15) is 9.97 Å². The lowest BCUT2D eigenvalue weighted by Crippen LogP contribution is -2.39. The van der Waals surface area contributed by atoms with Crippen LogP contribution >= 0.6 is 0 Å². The van der Waals surface area contributed by atoms with E-state index >= 15 is 0 Å². The van der Waals surface area contributed by atoms with Crippen molar-refractivity contribution in [1.82, 2.24) is 9.97 Å². The number of hydrogen-bond donors (Lipinski definition) is 0. The average molecular weight is 201 g/mol. The summed E-state index contributed by atoms with van der Waals surface area (Å²) in [5, 5.41) is 0.898. The number of nitrogens with zero attached hydrogens (tertiary/aromatic N) is 2. The van der Waals surface area contributed by atoms with Crippen LogP contribution in [0.2, 0.25) is 0 Å². The van der Waals surface area contributed by atoms with Crippen LogP contribution in [0.5, 0.6) is 6.01 Å². The van der Waals surface area contributed by atoms with Crippen LogP contribution in [0.15, 0.2) is 24.3 Å². The standard InChI is InChI=1S/C11H9N2O2/c1-2-4-10-8(3-1)5-12-11(13-10)15-9-6-14-7-9/h1-4,9H,6-7H2. The van der Waals surface area contributed by atoms with Gasteiger partial charge in [-0.25, -0.2) is 0 Å². The van der Waals surface area contributed by atoms with Gasteiger partial charge < -0.3 is 9.47 Å². The Morgan fingerprint density at radius 1 is 1.33 bits per heavy atom. The molecule has 4 heteroatoms. The first-order valence-corrected chi connectivity index (χ1v) is 4.81. The maximum atomic E-state index is 5.48. The molecule has 15 heavy (non-hydrogen) atoms. The first kappa shape index (κ1) is 8.61. The van der Waals surface area contributed by atoms with Crippen molar-refractivity contribution in [2.24, 2.45) is 0 Å². The molecule has 0 atom stereocenters. The second kappa shape index (κ2) is 3.47. The Labute approximate surface area is 86.9 Å². The van der Waals surface area contributed by atoms with Gasteiger partial charge in [-0.05, 0) is 6.07 Å². The highest BCUT2D eigenvalue weighted by atomic mass is 16.6. The number of ether oxygens (including phenoxy) is 2. The van der Waals surface area contributed by atoms with E-state index in [1.54, 1.807) is 0 Å². The van der Waals surface area contributed by atoms with E-state index in [1.165, 1.54) is 0 Å². The van der Waals surface area contributed by atoms with Gasteiger partial charge >= 0.3 is 6.01 Å². The summed E-state index contributed by atoms with van der Waals surface area (Å²) in [4.78, 5) is 8.29. The van der Waals surface area contributed by atoms with Crippen LogP contribution in [-0.2, 0) is 4.74 Å². The Bertz CT molecular complexity index is 483. The molecular formula is C11H9N2O2.